The average molecular weight is 210 g/mol. The van der Waals surface area contributed by atoms with E-state index in [0.29, 0.717) is 0 Å². The van der Waals surface area contributed by atoms with Gasteiger partial charge in [-0.25, -0.2) is 6.61 Å². The molecule has 0 aromatic rings. The van der Waals surface area contributed by atoms with Crippen molar-refractivity contribution < 1.29 is 37.4 Å². The van der Waals surface area contributed by atoms with E-state index in [4.69, 9.17) is 0 Å². The largest absolute Gasteiger partial charge is 0.554 e. The van der Waals surface area contributed by atoms with Gasteiger partial charge in [-0.15, -0.1) is 0 Å². The van der Waals surface area contributed by atoms with Crippen LogP contribution in [0.25, 0.3) is 0 Å². The molecule has 0 saturated carbocycles. The van der Waals surface area contributed by atoms with Crippen molar-refractivity contribution in [1.29, 1.82) is 0 Å². The molecule has 2 heteroatoms. The Bertz CT molecular complexity index is 16.4. The number of ether oxygens (including phenoxy) is 1. The van der Waals surface area contributed by atoms with E-state index in [-0.39, 0.29) is 55.0 Å². The fourth-order valence-electron chi connectivity index (χ4n) is 0.167. The van der Waals surface area contributed by atoms with E-state index in [9.17, 15) is 0 Å². The van der Waals surface area contributed by atoms with E-state index < -0.39 is 0 Å². The zero-order chi connectivity index (χ0) is 4.12. The normalized spacial score (nSPS) is 4.67. The molecular formula is C7H21OY-. The van der Waals surface area contributed by atoms with Gasteiger partial charge < -0.3 is 4.74 Å². The maximum atomic E-state index is 4.57. The van der Waals surface area contributed by atoms with E-state index >= 15 is 0 Å². The molecule has 0 aromatic carbocycles. The Morgan fingerprint density at radius 2 is 1.56 bits per heavy atom. The SMILES string of the molecule is C.C.C.CC[CH-]OC.[Y]. The van der Waals surface area contributed by atoms with Crippen LogP contribution in [0.5, 0.6) is 0 Å². The number of hydrogen-bond acceptors (Lipinski definition) is 1. The summed E-state index contributed by atoms with van der Waals surface area (Å²) in [4.78, 5) is 0. The predicted molar refractivity (Wildman–Crippen MR) is 41.8 cm³/mol. The summed E-state index contributed by atoms with van der Waals surface area (Å²) in [6.45, 7) is 3.78. The molecule has 0 aliphatic carbocycles. The molecule has 9 heavy (non-hydrogen) atoms. The molecule has 0 aliphatic rings. The van der Waals surface area contributed by atoms with Crippen LogP contribution in [-0.2, 0) is 37.4 Å². The molecule has 0 aliphatic heterocycles. The van der Waals surface area contributed by atoms with E-state index in [1.807, 2.05) is 6.92 Å². The van der Waals surface area contributed by atoms with E-state index in [0.717, 1.165) is 6.42 Å². The zero-order valence-electron chi connectivity index (χ0n) is 4.27. The van der Waals surface area contributed by atoms with Gasteiger partial charge in [0.1, 0.15) is 0 Å². The Balaban J connectivity index is -0.0000000133. The number of hydrogen-bond donors (Lipinski definition) is 0. The minimum Gasteiger partial charge on any atom is -0.554 e. The van der Waals surface area contributed by atoms with Gasteiger partial charge in [-0.05, 0) is 7.11 Å². The number of methoxy groups -OCH3 is 1. The first-order chi connectivity index (χ1) is 2.41. The molecule has 0 saturated heterocycles. The van der Waals surface area contributed by atoms with Crippen LogP contribution >= 0.6 is 0 Å². The van der Waals surface area contributed by atoms with Crippen LogP contribution in [0.15, 0.2) is 0 Å². The zero-order valence-corrected chi connectivity index (χ0v) is 7.11. The van der Waals surface area contributed by atoms with Crippen molar-refractivity contribution in [2.45, 2.75) is 35.6 Å². The third-order valence-corrected chi connectivity index (χ3v) is 0.333. The topological polar surface area (TPSA) is 9.23 Å². The molecule has 0 fully saturated rings. The first-order valence-electron chi connectivity index (χ1n) is 1.76. The Kier molecular flexibility index (Phi) is 128. The molecule has 0 bridgehead atoms. The molecule has 0 N–H and O–H groups in total. The quantitative estimate of drug-likeness (QED) is 0.636. The second kappa shape index (κ2) is 35.7. The van der Waals surface area contributed by atoms with Gasteiger partial charge in [-0.3, -0.25) is 0 Å². The first kappa shape index (κ1) is 32.2. The summed E-state index contributed by atoms with van der Waals surface area (Å²) in [7, 11) is 1.66. The molecule has 0 heterocycles. The van der Waals surface area contributed by atoms with Crippen LogP contribution < -0.4 is 0 Å². The molecule has 0 unspecified atom stereocenters. The van der Waals surface area contributed by atoms with E-state index in [1.54, 1.807) is 13.7 Å². The monoisotopic (exact) mass is 210 g/mol. The molecule has 0 atom stereocenters. The summed E-state index contributed by atoms with van der Waals surface area (Å²) in [5.74, 6) is 0. The summed E-state index contributed by atoms with van der Waals surface area (Å²) in [6, 6.07) is 0. The second-order valence-corrected chi connectivity index (χ2v) is 0.811. The van der Waals surface area contributed by atoms with Crippen molar-refractivity contribution in [2.75, 3.05) is 7.11 Å². The van der Waals surface area contributed by atoms with Crippen LogP contribution in [-0.4, -0.2) is 7.11 Å². The van der Waals surface area contributed by atoms with Gasteiger partial charge in [0.15, 0.2) is 0 Å². The van der Waals surface area contributed by atoms with Gasteiger partial charge >= 0.3 is 0 Å². The molecule has 0 rings (SSSR count). The van der Waals surface area contributed by atoms with Crippen molar-refractivity contribution in [1.82, 2.24) is 0 Å². The Hall–Kier alpha value is 1.06. The van der Waals surface area contributed by atoms with Crippen LogP contribution in [0.4, 0.5) is 0 Å². The van der Waals surface area contributed by atoms with Crippen molar-refractivity contribution in [3.8, 4) is 0 Å². The van der Waals surface area contributed by atoms with Crippen molar-refractivity contribution >= 4 is 0 Å². The third kappa shape index (κ3) is 48.2. The Morgan fingerprint density at radius 1 is 1.22 bits per heavy atom. The smallest absolute Gasteiger partial charge is 0 e. The summed E-state index contributed by atoms with van der Waals surface area (Å²) in [6.07, 6.45) is 0.997. The van der Waals surface area contributed by atoms with Crippen molar-refractivity contribution in [3.63, 3.8) is 0 Å². The first-order valence-corrected chi connectivity index (χ1v) is 1.76. The van der Waals surface area contributed by atoms with Gasteiger partial charge in [0.25, 0.3) is 0 Å². The fraction of sp³-hybridized carbons (Fsp3) is 0.857. The van der Waals surface area contributed by atoms with Crippen molar-refractivity contribution in [2.24, 2.45) is 0 Å². The predicted octanol–water partition coefficient (Wildman–Crippen LogP) is 3.11. The maximum absolute atomic E-state index is 4.57. The molecule has 0 aromatic heterocycles. The van der Waals surface area contributed by atoms with Crippen molar-refractivity contribution in [3.05, 3.63) is 6.61 Å². The van der Waals surface area contributed by atoms with E-state index in [2.05, 4.69) is 4.74 Å². The van der Waals surface area contributed by atoms with E-state index in [1.165, 1.54) is 0 Å². The summed E-state index contributed by atoms with van der Waals surface area (Å²) in [5, 5.41) is 0. The average Bonchev–Trinajstić information content (AvgIpc) is 1.41. The summed E-state index contributed by atoms with van der Waals surface area (Å²) >= 11 is 0. The minimum atomic E-state index is 0. The van der Waals surface area contributed by atoms with Gasteiger partial charge in [0, 0.05) is 32.7 Å². The summed E-state index contributed by atoms with van der Waals surface area (Å²) in [5.41, 5.74) is 0. The van der Waals surface area contributed by atoms with Gasteiger partial charge in [-0.1, -0.05) is 29.2 Å². The third-order valence-electron chi connectivity index (χ3n) is 0.333. The Morgan fingerprint density at radius 3 is 1.56 bits per heavy atom. The molecule has 0 spiro atoms. The molecular weight excluding hydrogens is 189 g/mol. The summed E-state index contributed by atoms with van der Waals surface area (Å²) < 4.78 is 4.57. The molecule has 1 nitrogen and oxygen atoms in total. The minimum absolute atomic E-state index is 0. The van der Waals surface area contributed by atoms with Gasteiger partial charge in [-0.2, -0.15) is 6.42 Å². The van der Waals surface area contributed by atoms with Gasteiger partial charge in [0.2, 0.25) is 0 Å². The van der Waals surface area contributed by atoms with Crippen LogP contribution in [0.2, 0.25) is 0 Å². The Labute approximate surface area is 86.4 Å². The van der Waals surface area contributed by atoms with Crippen LogP contribution in [0.3, 0.4) is 0 Å². The van der Waals surface area contributed by atoms with Crippen LogP contribution in [0, 0.1) is 6.61 Å². The fourth-order valence-corrected chi connectivity index (χ4v) is 0.167. The maximum Gasteiger partial charge on any atom is 0 e. The molecule has 59 valence electrons. The second-order valence-electron chi connectivity index (χ2n) is 0.811. The molecule has 1 radical (unpaired) electrons. The standard InChI is InChI=1S/C4H9O.3CH4.Y/c1-3-4-5-2;;;;/h4H,3H2,1-2H3;3*1H4;/q-1;;;;. The van der Waals surface area contributed by atoms with Gasteiger partial charge in [0.05, 0.1) is 0 Å². The van der Waals surface area contributed by atoms with Crippen LogP contribution in [0.1, 0.15) is 35.6 Å². The number of rotatable bonds is 2. The molecule has 0 amide bonds.